The second-order valence-corrected chi connectivity index (χ2v) is 6.18. The average Bonchev–Trinajstić information content (AvgIpc) is 2.64. The fraction of sp³-hybridized carbons (Fsp3) is 0.381. The Morgan fingerprint density at radius 2 is 1.69 bits per heavy atom. The molecule has 4 nitrogen and oxygen atoms in total. The van der Waals surface area contributed by atoms with E-state index in [-0.39, 0.29) is 18.5 Å². The maximum atomic E-state index is 11.7. The van der Waals surface area contributed by atoms with E-state index in [1.807, 2.05) is 55.5 Å². The quantitative estimate of drug-likeness (QED) is 0.548. The lowest BCUT2D eigenvalue weighted by molar-refractivity contribution is -0.146. The van der Waals surface area contributed by atoms with Crippen LogP contribution in [-0.2, 0) is 20.7 Å². The highest BCUT2D eigenvalue weighted by molar-refractivity contribution is 6.30. The van der Waals surface area contributed by atoms with Crippen LogP contribution in [0.25, 0.3) is 0 Å². The predicted molar refractivity (Wildman–Crippen MR) is 103 cm³/mol. The van der Waals surface area contributed by atoms with Gasteiger partial charge in [-0.2, -0.15) is 0 Å². The summed E-state index contributed by atoms with van der Waals surface area (Å²) in [6.45, 7) is 5.19. The number of carbonyl (C=O) groups excluding carboxylic acids is 1. The fourth-order valence-corrected chi connectivity index (χ4v) is 2.69. The molecule has 0 bridgehead atoms. The molecule has 1 unspecified atom stereocenters. The first-order valence-electron chi connectivity index (χ1n) is 8.86. The van der Waals surface area contributed by atoms with Gasteiger partial charge in [-0.1, -0.05) is 35.9 Å². The molecule has 140 valence electrons. The Hall–Kier alpha value is -2.04. The summed E-state index contributed by atoms with van der Waals surface area (Å²) >= 11 is 5.88. The molecule has 2 rings (SSSR count). The third-order valence-electron chi connectivity index (χ3n) is 3.85. The topological polar surface area (TPSA) is 44.8 Å². The van der Waals surface area contributed by atoms with Gasteiger partial charge in [0.15, 0.2) is 0 Å². The second kappa shape index (κ2) is 10.8. The van der Waals surface area contributed by atoms with Crippen LogP contribution in [0.1, 0.15) is 37.5 Å². The van der Waals surface area contributed by atoms with E-state index in [1.165, 1.54) is 5.56 Å². The number of halogens is 1. The molecular weight excluding hydrogens is 352 g/mol. The van der Waals surface area contributed by atoms with Gasteiger partial charge in [-0.25, -0.2) is 0 Å². The zero-order chi connectivity index (χ0) is 18.8. The van der Waals surface area contributed by atoms with Crippen molar-refractivity contribution in [3.8, 4) is 5.75 Å². The van der Waals surface area contributed by atoms with Gasteiger partial charge in [0.05, 0.1) is 25.7 Å². The Labute approximate surface area is 160 Å². The number of carbonyl (C=O) groups is 1. The lowest BCUT2D eigenvalue weighted by Gasteiger charge is -2.17. The van der Waals surface area contributed by atoms with E-state index in [2.05, 4.69) is 0 Å². The number of hydrogen-bond acceptors (Lipinski definition) is 4. The molecule has 0 aromatic heterocycles. The van der Waals surface area contributed by atoms with Crippen LogP contribution in [0.4, 0.5) is 0 Å². The zero-order valence-corrected chi connectivity index (χ0v) is 16.0. The van der Waals surface area contributed by atoms with E-state index < -0.39 is 0 Å². The van der Waals surface area contributed by atoms with Crippen molar-refractivity contribution in [2.24, 2.45) is 0 Å². The molecule has 2 aromatic carbocycles. The van der Waals surface area contributed by atoms with E-state index in [0.29, 0.717) is 19.8 Å². The van der Waals surface area contributed by atoms with Crippen LogP contribution in [0, 0.1) is 0 Å². The van der Waals surface area contributed by atoms with Crippen molar-refractivity contribution in [1.29, 1.82) is 0 Å². The molecule has 2 aromatic rings. The molecule has 26 heavy (non-hydrogen) atoms. The molecule has 0 fully saturated rings. The molecule has 0 spiro atoms. The maximum absolute atomic E-state index is 11.7. The highest BCUT2D eigenvalue weighted by Gasteiger charge is 2.17. The third-order valence-corrected chi connectivity index (χ3v) is 4.10. The fourth-order valence-electron chi connectivity index (χ4n) is 2.56. The molecule has 0 saturated carbocycles. The predicted octanol–water partition coefficient (Wildman–Crippen LogP) is 4.99. The first-order valence-corrected chi connectivity index (χ1v) is 9.24. The number of esters is 1. The first-order chi connectivity index (χ1) is 12.6. The Morgan fingerprint density at radius 1 is 1.00 bits per heavy atom. The van der Waals surface area contributed by atoms with Gasteiger partial charge in [-0.3, -0.25) is 4.79 Å². The second-order valence-electron chi connectivity index (χ2n) is 5.75. The average molecular weight is 377 g/mol. The van der Waals surface area contributed by atoms with Gasteiger partial charge in [0.1, 0.15) is 5.75 Å². The largest absolute Gasteiger partial charge is 0.493 e. The summed E-state index contributed by atoms with van der Waals surface area (Å²) in [5, 5.41) is 0.733. The van der Waals surface area contributed by atoms with Crippen LogP contribution in [0.5, 0.6) is 5.75 Å². The smallest absolute Gasteiger partial charge is 0.308 e. The van der Waals surface area contributed by atoms with Crippen LogP contribution in [0.3, 0.4) is 0 Å². The Bertz CT molecular complexity index is 667. The third kappa shape index (κ3) is 6.70. The number of benzene rings is 2. The van der Waals surface area contributed by atoms with Crippen molar-refractivity contribution >= 4 is 17.6 Å². The summed E-state index contributed by atoms with van der Waals surface area (Å²) in [6, 6.07) is 15.4. The molecular formula is C21H25ClO4. The lowest BCUT2D eigenvalue weighted by Crippen LogP contribution is -2.13. The van der Waals surface area contributed by atoms with Crippen molar-refractivity contribution in [3.63, 3.8) is 0 Å². The summed E-state index contributed by atoms with van der Waals surface area (Å²) in [5.74, 6) is 0.531. The summed E-state index contributed by atoms with van der Waals surface area (Å²) < 4.78 is 16.5. The molecule has 0 aliphatic carbocycles. The van der Waals surface area contributed by atoms with Gasteiger partial charge in [0, 0.05) is 18.1 Å². The van der Waals surface area contributed by atoms with Crippen LogP contribution in [0.15, 0.2) is 48.5 Å². The lowest BCUT2D eigenvalue weighted by atomic mass is 10.1. The summed E-state index contributed by atoms with van der Waals surface area (Å²) in [6.07, 6.45) is 0.712. The normalized spacial score (nSPS) is 11.8. The van der Waals surface area contributed by atoms with Crippen LogP contribution in [0.2, 0.25) is 5.02 Å². The molecule has 0 amide bonds. The zero-order valence-electron chi connectivity index (χ0n) is 15.2. The molecule has 0 heterocycles. The van der Waals surface area contributed by atoms with Gasteiger partial charge in [0.2, 0.25) is 0 Å². The molecule has 0 saturated heterocycles. The highest BCUT2D eigenvalue weighted by atomic mass is 35.5. The van der Waals surface area contributed by atoms with Crippen molar-refractivity contribution in [3.05, 3.63) is 64.7 Å². The maximum Gasteiger partial charge on any atom is 0.308 e. The molecule has 0 N–H and O–H groups in total. The number of rotatable bonds is 10. The molecule has 0 radical (unpaired) electrons. The van der Waals surface area contributed by atoms with E-state index in [0.717, 1.165) is 22.8 Å². The summed E-state index contributed by atoms with van der Waals surface area (Å²) in [4.78, 5) is 11.7. The van der Waals surface area contributed by atoms with Gasteiger partial charge in [0.25, 0.3) is 0 Å². The minimum Gasteiger partial charge on any atom is -0.493 e. The Morgan fingerprint density at radius 3 is 2.31 bits per heavy atom. The number of hydrogen-bond donors (Lipinski definition) is 0. The van der Waals surface area contributed by atoms with Crippen molar-refractivity contribution in [1.82, 2.24) is 0 Å². The molecule has 1 atom stereocenters. The first kappa shape index (κ1) is 20.3. The van der Waals surface area contributed by atoms with E-state index in [9.17, 15) is 4.79 Å². The molecule has 0 aliphatic rings. The van der Waals surface area contributed by atoms with Crippen LogP contribution < -0.4 is 4.74 Å². The summed E-state index contributed by atoms with van der Waals surface area (Å²) in [5.41, 5.74) is 2.11. The standard InChI is InChI=1S/C21H25ClO4/c1-3-24-20(15-21(23)25-4-2)17-7-11-19(12-8-17)26-14-13-16-5-9-18(22)10-6-16/h5-12,20H,3-4,13-15H2,1-2H3. The van der Waals surface area contributed by atoms with E-state index in [1.54, 1.807) is 6.92 Å². The Kier molecular flexibility index (Phi) is 8.45. The van der Waals surface area contributed by atoms with Crippen molar-refractivity contribution in [2.45, 2.75) is 32.8 Å². The van der Waals surface area contributed by atoms with Crippen molar-refractivity contribution in [2.75, 3.05) is 19.8 Å². The van der Waals surface area contributed by atoms with Crippen molar-refractivity contribution < 1.29 is 19.0 Å². The van der Waals surface area contributed by atoms with E-state index in [4.69, 9.17) is 25.8 Å². The van der Waals surface area contributed by atoms with Gasteiger partial charge < -0.3 is 14.2 Å². The SMILES string of the molecule is CCOC(=O)CC(OCC)c1ccc(OCCc2ccc(Cl)cc2)cc1. The van der Waals surface area contributed by atoms with Crippen LogP contribution in [-0.4, -0.2) is 25.8 Å². The summed E-state index contributed by atoms with van der Waals surface area (Å²) in [7, 11) is 0. The number of ether oxygens (including phenoxy) is 3. The van der Waals surface area contributed by atoms with Gasteiger partial charge in [-0.05, 0) is 49.2 Å². The van der Waals surface area contributed by atoms with Gasteiger partial charge >= 0.3 is 5.97 Å². The molecule has 0 aliphatic heterocycles. The Balaban J connectivity index is 1.88. The molecule has 5 heteroatoms. The van der Waals surface area contributed by atoms with Gasteiger partial charge in [-0.15, -0.1) is 0 Å². The highest BCUT2D eigenvalue weighted by Crippen LogP contribution is 2.24. The van der Waals surface area contributed by atoms with E-state index >= 15 is 0 Å². The monoisotopic (exact) mass is 376 g/mol. The minimum atomic E-state index is -0.304. The minimum absolute atomic E-state index is 0.207. The van der Waals surface area contributed by atoms with Crippen LogP contribution >= 0.6 is 11.6 Å².